The van der Waals surface area contributed by atoms with Crippen LogP contribution in [0.2, 0.25) is 0 Å². The van der Waals surface area contributed by atoms with Crippen molar-refractivity contribution in [3.8, 4) is 0 Å². The van der Waals surface area contributed by atoms with Crippen molar-refractivity contribution in [1.82, 2.24) is 19.0 Å². The number of sulfonamides is 1. The molecule has 1 atom stereocenters. The van der Waals surface area contributed by atoms with E-state index in [0.29, 0.717) is 0 Å². The molecule has 0 saturated carbocycles. The number of hydrogen-bond acceptors (Lipinski definition) is 5. The van der Waals surface area contributed by atoms with Crippen molar-refractivity contribution in [2.75, 3.05) is 26.2 Å². The number of aromatic carboxylic acids is 1. The molecule has 0 bridgehead atoms. The SMILES string of the molecule is Cc1ccc(S(=O)(=O)N2CCN(C(=O)C(C)n3nccc3C(=O)O)CC2)cc1. The fraction of sp³-hybridized carbons (Fsp3) is 0.389. The maximum atomic E-state index is 12.8. The number of aromatic nitrogens is 2. The first-order chi connectivity index (χ1) is 13.2. The molecule has 1 saturated heterocycles. The van der Waals surface area contributed by atoms with Gasteiger partial charge < -0.3 is 10.0 Å². The highest BCUT2D eigenvalue weighted by molar-refractivity contribution is 7.89. The average molecular weight is 406 g/mol. The average Bonchev–Trinajstić information content (AvgIpc) is 3.17. The van der Waals surface area contributed by atoms with Crippen molar-refractivity contribution in [3.05, 3.63) is 47.8 Å². The number of carboxylic acid groups (broad SMARTS) is 1. The number of piperazine rings is 1. The minimum atomic E-state index is -3.61. The Morgan fingerprint density at radius 1 is 1.07 bits per heavy atom. The van der Waals surface area contributed by atoms with Crippen LogP contribution in [-0.2, 0) is 14.8 Å². The Morgan fingerprint density at radius 3 is 2.25 bits per heavy atom. The van der Waals surface area contributed by atoms with E-state index in [1.54, 1.807) is 36.1 Å². The number of hydrogen-bond donors (Lipinski definition) is 1. The Kier molecular flexibility index (Phi) is 5.52. The summed E-state index contributed by atoms with van der Waals surface area (Å²) in [6, 6.07) is 7.20. The van der Waals surface area contributed by atoms with E-state index in [9.17, 15) is 23.1 Å². The first-order valence-electron chi connectivity index (χ1n) is 8.84. The zero-order chi connectivity index (χ0) is 20.5. The summed E-state index contributed by atoms with van der Waals surface area (Å²) < 4.78 is 28.0. The lowest BCUT2D eigenvalue weighted by Gasteiger charge is -2.35. The van der Waals surface area contributed by atoms with Gasteiger partial charge in [0, 0.05) is 32.4 Å². The van der Waals surface area contributed by atoms with Gasteiger partial charge in [-0.3, -0.25) is 4.79 Å². The van der Waals surface area contributed by atoms with Gasteiger partial charge in [-0.05, 0) is 32.0 Å². The Labute approximate surface area is 163 Å². The van der Waals surface area contributed by atoms with Crippen LogP contribution >= 0.6 is 0 Å². The molecule has 0 aliphatic carbocycles. The van der Waals surface area contributed by atoms with Gasteiger partial charge in [0.05, 0.1) is 4.90 Å². The zero-order valence-electron chi connectivity index (χ0n) is 15.6. The van der Waals surface area contributed by atoms with Gasteiger partial charge in [-0.15, -0.1) is 0 Å². The predicted octanol–water partition coefficient (Wildman–Crippen LogP) is 0.984. The standard InChI is InChI=1S/C18H22N4O5S/c1-13-3-5-15(6-4-13)28(26,27)21-11-9-20(10-12-21)17(23)14(2)22-16(18(24)25)7-8-19-22/h3-8,14H,9-12H2,1-2H3,(H,24,25). The van der Waals surface area contributed by atoms with Gasteiger partial charge in [0.1, 0.15) is 11.7 Å². The van der Waals surface area contributed by atoms with Crippen LogP contribution in [-0.4, -0.2) is 70.6 Å². The molecule has 2 aromatic rings. The van der Waals surface area contributed by atoms with Crippen molar-refractivity contribution in [2.24, 2.45) is 0 Å². The summed E-state index contributed by atoms with van der Waals surface area (Å²) in [4.78, 5) is 25.7. The van der Waals surface area contributed by atoms with E-state index >= 15 is 0 Å². The number of amides is 1. The Balaban J connectivity index is 1.67. The normalized spacial score (nSPS) is 16.7. The van der Waals surface area contributed by atoms with Gasteiger partial charge in [-0.1, -0.05) is 17.7 Å². The molecular formula is C18H22N4O5S. The van der Waals surface area contributed by atoms with Crippen LogP contribution in [0.4, 0.5) is 0 Å². The highest BCUT2D eigenvalue weighted by atomic mass is 32.2. The van der Waals surface area contributed by atoms with Crippen molar-refractivity contribution in [1.29, 1.82) is 0 Å². The van der Waals surface area contributed by atoms with Crippen molar-refractivity contribution >= 4 is 21.9 Å². The fourth-order valence-corrected chi connectivity index (χ4v) is 4.59. The molecule has 10 heteroatoms. The summed E-state index contributed by atoms with van der Waals surface area (Å²) in [6.45, 7) is 4.30. The first kappa shape index (κ1) is 20.0. The molecule has 3 rings (SSSR count). The number of nitrogens with zero attached hydrogens (tertiary/aromatic N) is 4. The van der Waals surface area contributed by atoms with Crippen LogP contribution < -0.4 is 0 Å². The summed E-state index contributed by atoms with van der Waals surface area (Å²) in [7, 11) is -3.61. The van der Waals surface area contributed by atoms with Gasteiger partial charge in [0.15, 0.2) is 0 Å². The summed E-state index contributed by atoms with van der Waals surface area (Å²) in [5.74, 6) is -1.45. The van der Waals surface area contributed by atoms with E-state index in [1.807, 2.05) is 6.92 Å². The topological polar surface area (TPSA) is 113 Å². The van der Waals surface area contributed by atoms with Crippen LogP contribution in [0.5, 0.6) is 0 Å². The van der Waals surface area contributed by atoms with E-state index in [2.05, 4.69) is 5.10 Å². The third-order valence-corrected chi connectivity index (χ3v) is 6.74. The van der Waals surface area contributed by atoms with E-state index < -0.39 is 22.0 Å². The lowest BCUT2D eigenvalue weighted by atomic mass is 10.2. The second-order valence-electron chi connectivity index (χ2n) is 6.68. The molecule has 28 heavy (non-hydrogen) atoms. The molecule has 150 valence electrons. The molecule has 1 fully saturated rings. The largest absolute Gasteiger partial charge is 0.477 e. The third-order valence-electron chi connectivity index (χ3n) is 4.82. The molecule has 1 aliphatic heterocycles. The van der Waals surface area contributed by atoms with Gasteiger partial charge >= 0.3 is 5.97 Å². The monoisotopic (exact) mass is 406 g/mol. The molecule has 1 aromatic carbocycles. The smallest absolute Gasteiger partial charge is 0.354 e. The summed E-state index contributed by atoms with van der Waals surface area (Å²) in [5.41, 5.74) is 0.907. The van der Waals surface area contributed by atoms with Crippen LogP contribution in [0.15, 0.2) is 41.4 Å². The lowest BCUT2D eigenvalue weighted by Crippen LogP contribution is -2.52. The Morgan fingerprint density at radius 2 is 1.68 bits per heavy atom. The zero-order valence-corrected chi connectivity index (χ0v) is 16.5. The second kappa shape index (κ2) is 7.72. The molecule has 2 heterocycles. The van der Waals surface area contributed by atoms with E-state index in [4.69, 9.17) is 0 Å². The van der Waals surface area contributed by atoms with Crippen LogP contribution in [0, 0.1) is 6.92 Å². The highest BCUT2D eigenvalue weighted by Gasteiger charge is 2.32. The molecular weight excluding hydrogens is 384 g/mol. The predicted molar refractivity (Wildman–Crippen MR) is 100 cm³/mol. The maximum absolute atomic E-state index is 12.8. The number of aryl methyl sites for hydroxylation is 1. The number of benzene rings is 1. The number of carboxylic acids is 1. The van der Waals surface area contributed by atoms with Gasteiger partial charge in [-0.2, -0.15) is 9.40 Å². The molecule has 9 nitrogen and oxygen atoms in total. The molecule has 1 aromatic heterocycles. The van der Waals surface area contributed by atoms with Crippen LogP contribution in [0.25, 0.3) is 0 Å². The van der Waals surface area contributed by atoms with E-state index in [0.717, 1.165) is 5.56 Å². The van der Waals surface area contributed by atoms with Crippen molar-refractivity contribution < 1.29 is 23.1 Å². The molecule has 1 amide bonds. The number of carbonyl (C=O) groups is 2. The lowest BCUT2D eigenvalue weighted by molar-refractivity contribution is -0.135. The van der Waals surface area contributed by atoms with Crippen LogP contribution in [0.1, 0.15) is 29.0 Å². The quantitative estimate of drug-likeness (QED) is 0.792. The first-order valence-corrected chi connectivity index (χ1v) is 10.3. The summed E-state index contributed by atoms with van der Waals surface area (Å²) in [5, 5.41) is 13.1. The second-order valence-corrected chi connectivity index (χ2v) is 8.62. The Hall–Kier alpha value is -2.72. The molecule has 0 spiro atoms. The van der Waals surface area contributed by atoms with Crippen LogP contribution in [0.3, 0.4) is 0 Å². The van der Waals surface area contributed by atoms with Crippen molar-refractivity contribution in [2.45, 2.75) is 24.8 Å². The molecule has 1 unspecified atom stereocenters. The third kappa shape index (κ3) is 3.78. The van der Waals surface area contributed by atoms with Gasteiger partial charge in [0.25, 0.3) is 0 Å². The maximum Gasteiger partial charge on any atom is 0.354 e. The number of rotatable bonds is 5. The Bertz CT molecular complexity index is 976. The summed E-state index contributed by atoms with van der Waals surface area (Å²) >= 11 is 0. The van der Waals surface area contributed by atoms with E-state index in [1.165, 1.54) is 21.3 Å². The van der Waals surface area contributed by atoms with Crippen molar-refractivity contribution in [3.63, 3.8) is 0 Å². The molecule has 1 N–H and O–H groups in total. The minimum Gasteiger partial charge on any atom is -0.477 e. The molecule has 0 radical (unpaired) electrons. The van der Waals surface area contributed by atoms with Gasteiger partial charge in [0.2, 0.25) is 15.9 Å². The highest BCUT2D eigenvalue weighted by Crippen LogP contribution is 2.20. The minimum absolute atomic E-state index is 0.0681. The van der Waals surface area contributed by atoms with E-state index in [-0.39, 0.29) is 42.7 Å². The fourth-order valence-electron chi connectivity index (χ4n) is 3.17. The van der Waals surface area contributed by atoms with Gasteiger partial charge in [-0.25, -0.2) is 17.9 Å². The number of carbonyl (C=O) groups excluding carboxylic acids is 1. The molecule has 1 aliphatic rings. The summed E-state index contributed by atoms with van der Waals surface area (Å²) in [6.07, 6.45) is 1.33.